The minimum absolute atomic E-state index is 0.218. The lowest BCUT2D eigenvalue weighted by Gasteiger charge is -2.16. The molecule has 7 nitrogen and oxygen atoms in total. The van der Waals surface area contributed by atoms with Crippen LogP contribution in [0.15, 0.2) is 78.0 Å². The number of nitrogens with one attached hydrogen (secondary N) is 1. The van der Waals surface area contributed by atoms with Crippen LogP contribution < -0.4 is 5.48 Å². The Kier molecular flexibility index (Phi) is 6.51. The van der Waals surface area contributed by atoms with E-state index in [-0.39, 0.29) is 4.90 Å². The third kappa shape index (κ3) is 4.85. The summed E-state index contributed by atoms with van der Waals surface area (Å²) >= 11 is 0. The lowest BCUT2D eigenvalue weighted by molar-refractivity contribution is -0.124. The topological polar surface area (TPSA) is 91.6 Å². The second kappa shape index (κ2) is 9.08. The van der Waals surface area contributed by atoms with E-state index in [9.17, 15) is 13.2 Å². The van der Waals surface area contributed by atoms with Gasteiger partial charge in [-0.15, -0.1) is 0 Å². The van der Waals surface area contributed by atoms with E-state index in [1.54, 1.807) is 18.2 Å². The van der Waals surface area contributed by atoms with Crippen molar-refractivity contribution in [3.63, 3.8) is 0 Å². The van der Waals surface area contributed by atoms with Crippen LogP contribution in [0.25, 0.3) is 17.2 Å². The number of hydrogen-bond acceptors (Lipinski definition) is 5. The largest absolute Gasteiger partial charge is 0.305 e. The van der Waals surface area contributed by atoms with Crippen molar-refractivity contribution >= 4 is 22.0 Å². The van der Waals surface area contributed by atoms with E-state index in [0.717, 1.165) is 21.2 Å². The predicted molar refractivity (Wildman–Crippen MR) is 115 cm³/mol. The van der Waals surface area contributed by atoms with Crippen LogP contribution in [0.1, 0.15) is 11.1 Å². The zero-order valence-corrected chi connectivity index (χ0v) is 17.5. The molecule has 3 rings (SSSR count). The molecule has 0 aliphatic rings. The number of aromatic nitrogens is 1. The molecule has 0 atom stereocenters. The molecule has 156 valence electrons. The van der Waals surface area contributed by atoms with Crippen LogP contribution in [0, 0.1) is 0 Å². The highest BCUT2D eigenvalue weighted by atomic mass is 32.2. The summed E-state index contributed by atoms with van der Waals surface area (Å²) in [6.07, 6.45) is 5.37. The van der Waals surface area contributed by atoms with Crippen LogP contribution in [-0.2, 0) is 21.4 Å². The van der Waals surface area contributed by atoms with Crippen molar-refractivity contribution in [1.82, 2.24) is 14.4 Å². The Labute approximate surface area is 175 Å². The smallest absolute Gasteiger partial charge is 0.267 e. The summed E-state index contributed by atoms with van der Waals surface area (Å²) < 4.78 is 27.7. The summed E-state index contributed by atoms with van der Waals surface area (Å²) in [5, 5.41) is 8.55. The van der Waals surface area contributed by atoms with E-state index in [1.165, 1.54) is 23.9 Å². The van der Waals surface area contributed by atoms with Crippen molar-refractivity contribution in [2.24, 2.45) is 0 Å². The summed E-state index contributed by atoms with van der Waals surface area (Å²) in [6.45, 7) is 0.458. The molecular weight excluding hydrogens is 402 g/mol. The Morgan fingerprint density at radius 3 is 2.50 bits per heavy atom. The van der Waals surface area contributed by atoms with Crippen LogP contribution in [0.3, 0.4) is 0 Å². The van der Waals surface area contributed by atoms with Crippen LogP contribution in [-0.4, -0.2) is 42.5 Å². The van der Waals surface area contributed by atoms with Gasteiger partial charge in [-0.2, -0.15) is 0 Å². The first-order valence-electron chi connectivity index (χ1n) is 9.20. The number of rotatable bonds is 7. The molecule has 1 heterocycles. The monoisotopic (exact) mass is 425 g/mol. The molecule has 1 amide bonds. The van der Waals surface area contributed by atoms with E-state index in [4.69, 9.17) is 5.21 Å². The summed E-state index contributed by atoms with van der Waals surface area (Å²) in [5.74, 6) is -0.699. The SMILES string of the molecule is CN(C)Cc1cc(-c2ccccc2)ccc1S(=O)(=O)n1ccc(C=CC(=O)NO)c1. The van der Waals surface area contributed by atoms with Gasteiger partial charge in [0.1, 0.15) is 0 Å². The lowest BCUT2D eigenvalue weighted by atomic mass is 10.0. The maximum absolute atomic E-state index is 13.3. The van der Waals surface area contributed by atoms with E-state index in [2.05, 4.69) is 0 Å². The molecule has 8 heteroatoms. The van der Waals surface area contributed by atoms with E-state index in [0.29, 0.717) is 17.7 Å². The van der Waals surface area contributed by atoms with Crippen molar-refractivity contribution in [3.05, 3.63) is 84.2 Å². The predicted octanol–water partition coefficient (Wildman–Crippen LogP) is 2.97. The minimum Gasteiger partial charge on any atom is -0.305 e. The number of carbonyl (C=O) groups excluding carboxylic acids is 1. The van der Waals surface area contributed by atoms with Crippen molar-refractivity contribution in [2.75, 3.05) is 14.1 Å². The molecule has 0 spiro atoms. The van der Waals surface area contributed by atoms with Gasteiger partial charge in [0.15, 0.2) is 0 Å². The van der Waals surface area contributed by atoms with Crippen LogP contribution >= 0.6 is 0 Å². The maximum Gasteiger partial charge on any atom is 0.267 e. The standard InChI is InChI=1S/C22H23N3O4S/c1-24(2)16-20-14-19(18-6-4-3-5-7-18)9-10-21(20)30(28,29)25-13-12-17(15-25)8-11-22(26)23-27/h3-15,27H,16H2,1-2H3,(H,23,26). The first-order chi connectivity index (χ1) is 14.3. The molecule has 0 bridgehead atoms. The van der Waals surface area contributed by atoms with Gasteiger partial charge in [0.25, 0.3) is 15.9 Å². The number of hydroxylamine groups is 1. The summed E-state index contributed by atoms with van der Waals surface area (Å²) in [7, 11) is -0.0608. The molecule has 0 unspecified atom stereocenters. The number of carbonyl (C=O) groups is 1. The van der Waals surface area contributed by atoms with Gasteiger partial charge in [0, 0.05) is 25.0 Å². The Morgan fingerprint density at radius 2 is 1.83 bits per heavy atom. The van der Waals surface area contributed by atoms with Crippen LogP contribution in [0.5, 0.6) is 0 Å². The molecule has 0 aliphatic carbocycles. The molecule has 2 aromatic carbocycles. The molecule has 0 radical (unpaired) electrons. The van der Waals surface area contributed by atoms with Gasteiger partial charge in [-0.3, -0.25) is 10.0 Å². The molecular formula is C22H23N3O4S. The molecule has 0 aliphatic heterocycles. The molecule has 0 fully saturated rings. The van der Waals surface area contributed by atoms with Gasteiger partial charge in [-0.1, -0.05) is 36.4 Å². The molecule has 0 saturated carbocycles. The second-order valence-corrected chi connectivity index (χ2v) is 8.83. The van der Waals surface area contributed by atoms with Gasteiger partial charge >= 0.3 is 0 Å². The normalized spacial score (nSPS) is 11.9. The van der Waals surface area contributed by atoms with E-state index < -0.39 is 15.9 Å². The highest BCUT2D eigenvalue weighted by molar-refractivity contribution is 7.90. The summed E-state index contributed by atoms with van der Waals surface area (Å²) in [4.78, 5) is 13.3. The van der Waals surface area contributed by atoms with Crippen LogP contribution in [0.2, 0.25) is 0 Å². The fourth-order valence-corrected chi connectivity index (χ4v) is 4.47. The molecule has 30 heavy (non-hydrogen) atoms. The quantitative estimate of drug-likeness (QED) is 0.345. The van der Waals surface area contributed by atoms with Gasteiger partial charge in [-0.25, -0.2) is 17.9 Å². The lowest BCUT2D eigenvalue weighted by Crippen LogP contribution is -2.17. The fourth-order valence-electron chi connectivity index (χ4n) is 3.07. The van der Waals surface area contributed by atoms with Gasteiger partial charge in [-0.05, 0) is 60.6 Å². The molecule has 0 saturated heterocycles. The maximum atomic E-state index is 13.3. The molecule has 3 aromatic rings. The highest BCUT2D eigenvalue weighted by Gasteiger charge is 2.21. The van der Waals surface area contributed by atoms with Gasteiger partial charge in [0.05, 0.1) is 4.90 Å². The summed E-state index contributed by atoms with van der Waals surface area (Å²) in [5.41, 5.74) is 4.64. The average Bonchev–Trinajstić information content (AvgIpc) is 3.22. The average molecular weight is 426 g/mol. The number of nitrogens with zero attached hydrogens (tertiary/aromatic N) is 2. The number of hydrogen-bond donors (Lipinski definition) is 2. The van der Waals surface area contributed by atoms with E-state index >= 15 is 0 Å². The Bertz CT molecular complexity index is 1170. The zero-order chi connectivity index (χ0) is 21.7. The molecule has 2 N–H and O–H groups in total. The first-order valence-corrected chi connectivity index (χ1v) is 10.6. The number of amides is 1. The first kappa shape index (κ1) is 21.5. The van der Waals surface area contributed by atoms with Crippen molar-refractivity contribution < 1.29 is 18.4 Å². The second-order valence-electron chi connectivity index (χ2n) is 7.02. The zero-order valence-electron chi connectivity index (χ0n) is 16.7. The van der Waals surface area contributed by atoms with E-state index in [1.807, 2.05) is 55.4 Å². The third-order valence-corrected chi connectivity index (χ3v) is 6.17. The third-order valence-electron chi connectivity index (χ3n) is 4.44. The minimum atomic E-state index is -3.83. The summed E-state index contributed by atoms with van der Waals surface area (Å²) in [6, 6.07) is 16.7. The Balaban J connectivity index is 2.02. The Morgan fingerprint density at radius 1 is 1.10 bits per heavy atom. The highest BCUT2D eigenvalue weighted by Crippen LogP contribution is 2.27. The van der Waals surface area contributed by atoms with Gasteiger partial charge in [0.2, 0.25) is 0 Å². The fraction of sp³-hybridized carbons (Fsp3) is 0.136. The molecule has 1 aromatic heterocycles. The van der Waals surface area contributed by atoms with Gasteiger partial charge < -0.3 is 4.90 Å². The van der Waals surface area contributed by atoms with Crippen LogP contribution in [0.4, 0.5) is 0 Å². The van der Waals surface area contributed by atoms with Crippen molar-refractivity contribution in [1.29, 1.82) is 0 Å². The Hall–Kier alpha value is -3.20. The van der Waals surface area contributed by atoms with Crippen molar-refractivity contribution in [3.8, 4) is 11.1 Å². The van der Waals surface area contributed by atoms with Crippen molar-refractivity contribution in [2.45, 2.75) is 11.4 Å². The number of benzene rings is 2.